The van der Waals surface area contributed by atoms with E-state index >= 15 is 0 Å². The molecule has 0 atom stereocenters. The van der Waals surface area contributed by atoms with Crippen LogP contribution in [0.25, 0.3) is 16.7 Å². The number of aryl methyl sites for hydroxylation is 1. The number of benzene rings is 2. The zero-order chi connectivity index (χ0) is 17.9. The van der Waals surface area contributed by atoms with E-state index in [0.29, 0.717) is 6.54 Å². The Morgan fingerprint density at radius 3 is 2.50 bits per heavy atom. The minimum atomic E-state index is 0.705. The zero-order valence-corrected chi connectivity index (χ0v) is 15.5. The van der Waals surface area contributed by atoms with Crippen LogP contribution >= 0.6 is 11.8 Å². The summed E-state index contributed by atoms with van der Waals surface area (Å²) in [5.41, 5.74) is 4.26. The average molecular weight is 361 g/mol. The number of hydrogen-bond donors (Lipinski definition) is 1. The Bertz CT molecular complexity index is 1030. The second kappa shape index (κ2) is 7.17. The van der Waals surface area contributed by atoms with Crippen molar-refractivity contribution in [2.24, 2.45) is 0 Å². The van der Waals surface area contributed by atoms with E-state index in [1.54, 1.807) is 0 Å². The molecule has 0 amide bonds. The number of thioether (sulfide) groups is 1. The van der Waals surface area contributed by atoms with E-state index in [1.165, 1.54) is 22.9 Å². The second-order valence-corrected chi connectivity index (χ2v) is 6.80. The van der Waals surface area contributed by atoms with Gasteiger partial charge in [-0.1, -0.05) is 59.8 Å². The summed E-state index contributed by atoms with van der Waals surface area (Å²) in [7, 11) is 0. The van der Waals surface area contributed by atoms with Gasteiger partial charge in [-0.3, -0.25) is 0 Å². The van der Waals surface area contributed by atoms with Crippen molar-refractivity contribution in [3.63, 3.8) is 0 Å². The van der Waals surface area contributed by atoms with Gasteiger partial charge in [-0.15, -0.1) is 0 Å². The molecule has 130 valence electrons. The highest BCUT2D eigenvalue weighted by molar-refractivity contribution is 7.98. The highest BCUT2D eigenvalue weighted by Gasteiger charge is 2.13. The van der Waals surface area contributed by atoms with E-state index in [9.17, 15) is 0 Å². The summed E-state index contributed by atoms with van der Waals surface area (Å²) < 4.78 is 1.85. The predicted molar refractivity (Wildman–Crippen MR) is 107 cm³/mol. The third-order valence-corrected chi connectivity index (χ3v) is 4.72. The molecule has 1 N–H and O–H groups in total. The molecule has 2 aromatic carbocycles. The molecular weight excluding hydrogens is 342 g/mol. The summed E-state index contributed by atoms with van der Waals surface area (Å²) in [6.07, 6.45) is 3.80. The third-order valence-electron chi connectivity index (χ3n) is 4.17. The zero-order valence-electron chi connectivity index (χ0n) is 14.7. The SMILES string of the molecule is CSc1nc(NCc2ccc(C)cc2)c2cnn(-c3ccccc3)c2n1. The van der Waals surface area contributed by atoms with Gasteiger partial charge in [0.25, 0.3) is 0 Å². The summed E-state index contributed by atoms with van der Waals surface area (Å²) in [6.45, 7) is 2.80. The summed E-state index contributed by atoms with van der Waals surface area (Å²) in [4.78, 5) is 9.32. The Morgan fingerprint density at radius 1 is 1.00 bits per heavy atom. The number of para-hydroxylation sites is 1. The van der Waals surface area contributed by atoms with Crippen molar-refractivity contribution in [3.05, 3.63) is 71.9 Å². The lowest BCUT2D eigenvalue weighted by atomic mass is 10.1. The van der Waals surface area contributed by atoms with Crippen molar-refractivity contribution in [1.82, 2.24) is 19.7 Å². The highest BCUT2D eigenvalue weighted by Crippen LogP contribution is 2.25. The van der Waals surface area contributed by atoms with Crippen molar-refractivity contribution in [2.75, 3.05) is 11.6 Å². The first-order valence-electron chi connectivity index (χ1n) is 8.39. The molecule has 0 saturated heterocycles. The molecule has 2 aromatic heterocycles. The van der Waals surface area contributed by atoms with E-state index in [-0.39, 0.29) is 0 Å². The quantitative estimate of drug-likeness (QED) is 0.420. The van der Waals surface area contributed by atoms with Crippen LogP contribution < -0.4 is 5.32 Å². The minimum absolute atomic E-state index is 0.705. The number of hydrogen-bond acceptors (Lipinski definition) is 5. The fourth-order valence-corrected chi connectivity index (χ4v) is 3.12. The molecule has 0 spiro atoms. The molecule has 2 heterocycles. The first-order chi connectivity index (χ1) is 12.7. The van der Waals surface area contributed by atoms with Crippen molar-refractivity contribution in [3.8, 4) is 5.69 Å². The Labute approximate surface area is 156 Å². The average Bonchev–Trinajstić information content (AvgIpc) is 3.12. The second-order valence-electron chi connectivity index (χ2n) is 6.03. The van der Waals surface area contributed by atoms with Crippen LogP contribution in [-0.4, -0.2) is 26.0 Å². The maximum Gasteiger partial charge on any atom is 0.191 e. The van der Waals surface area contributed by atoms with Crippen molar-refractivity contribution < 1.29 is 0 Å². The summed E-state index contributed by atoms with van der Waals surface area (Å²) in [5, 5.41) is 9.62. The molecule has 0 aliphatic rings. The van der Waals surface area contributed by atoms with Crippen molar-refractivity contribution >= 4 is 28.6 Å². The van der Waals surface area contributed by atoms with Gasteiger partial charge in [0.1, 0.15) is 5.82 Å². The van der Waals surface area contributed by atoms with Gasteiger partial charge in [0.05, 0.1) is 17.3 Å². The van der Waals surface area contributed by atoms with Crippen LogP contribution in [0.2, 0.25) is 0 Å². The lowest BCUT2D eigenvalue weighted by Crippen LogP contribution is -2.04. The molecule has 0 aliphatic carbocycles. The third kappa shape index (κ3) is 3.28. The van der Waals surface area contributed by atoms with Gasteiger partial charge in [-0.2, -0.15) is 5.10 Å². The Kier molecular flexibility index (Phi) is 4.58. The molecule has 26 heavy (non-hydrogen) atoms. The van der Waals surface area contributed by atoms with Crippen LogP contribution in [0.15, 0.2) is 66.0 Å². The fraction of sp³-hybridized carbons (Fsp3) is 0.150. The van der Waals surface area contributed by atoms with Crippen molar-refractivity contribution in [2.45, 2.75) is 18.6 Å². The van der Waals surface area contributed by atoms with Crippen LogP contribution in [0.4, 0.5) is 5.82 Å². The number of fused-ring (bicyclic) bond motifs is 1. The molecule has 0 fully saturated rings. The standard InChI is InChI=1S/C20H19N5S/c1-14-8-10-15(11-9-14)12-21-18-17-13-22-25(16-6-4-3-5-7-16)19(17)24-20(23-18)26-2/h3-11,13H,12H2,1-2H3,(H,21,23,24). The van der Waals surface area contributed by atoms with Gasteiger partial charge < -0.3 is 5.32 Å². The molecule has 0 aliphatic heterocycles. The van der Waals surface area contributed by atoms with E-state index in [0.717, 1.165) is 27.7 Å². The van der Waals surface area contributed by atoms with Crippen LogP contribution in [0.1, 0.15) is 11.1 Å². The Morgan fingerprint density at radius 2 is 1.77 bits per heavy atom. The molecule has 5 nitrogen and oxygen atoms in total. The fourth-order valence-electron chi connectivity index (χ4n) is 2.76. The molecule has 4 rings (SSSR count). The van der Waals surface area contributed by atoms with E-state index in [1.807, 2.05) is 47.5 Å². The van der Waals surface area contributed by atoms with E-state index in [2.05, 4.69) is 51.6 Å². The monoisotopic (exact) mass is 361 g/mol. The maximum atomic E-state index is 4.67. The van der Waals surface area contributed by atoms with Crippen LogP contribution in [0, 0.1) is 6.92 Å². The van der Waals surface area contributed by atoms with E-state index < -0.39 is 0 Å². The first kappa shape index (κ1) is 16.6. The van der Waals surface area contributed by atoms with Gasteiger partial charge in [0.15, 0.2) is 10.8 Å². The van der Waals surface area contributed by atoms with Gasteiger partial charge in [0, 0.05) is 6.54 Å². The van der Waals surface area contributed by atoms with Crippen molar-refractivity contribution in [1.29, 1.82) is 0 Å². The summed E-state index contributed by atoms with van der Waals surface area (Å²) in [6, 6.07) is 18.5. The topological polar surface area (TPSA) is 55.6 Å². The smallest absolute Gasteiger partial charge is 0.191 e. The normalized spacial score (nSPS) is 11.0. The summed E-state index contributed by atoms with van der Waals surface area (Å²) >= 11 is 1.53. The Hall–Kier alpha value is -2.86. The van der Waals surface area contributed by atoms with Gasteiger partial charge in [-0.05, 0) is 30.9 Å². The molecular formula is C20H19N5S. The lowest BCUT2D eigenvalue weighted by molar-refractivity contribution is 0.877. The molecule has 0 saturated carbocycles. The molecule has 0 radical (unpaired) electrons. The van der Waals surface area contributed by atoms with Gasteiger partial charge in [0.2, 0.25) is 0 Å². The van der Waals surface area contributed by atoms with Gasteiger partial charge >= 0.3 is 0 Å². The van der Waals surface area contributed by atoms with Gasteiger partial charge in [-0.25, -0.2) is 14.6 Å². The predicted octanol–water partition coefficient (Wildman–Crippen LogP) is 4.46. The van der Waals surface area contributed by atoms with E-state index in [4.69, 9.17) is 0 Å². The van der Waals surface area contributed by atoms with Crippen LogP contribution in [0.5, 0.6) is 0 Å². The largest absolute Gasteiger partial charge is 0.365 e. The molecule has 6 heteroatoms. The number of aromatic nitrogens is 4. The number of nitrogens with one attached hydrogen (secondary N) is 1. The van der Waals surface area contributed by atoms with Crippen LogP contribution in [-0.2, 0) is 6.54 Å². The Balaban J connectivity index is 1.72. The molecule has 0 unspecified atom stereocenters. The number of rotatable bonds is 5. The molecule has 4 aromatic rings. The maximum absolute atomic E-state index is 4.67. The summed E-state index contributed by atoms with van der Waals surface area (Å²) in [5.74, 6) is 0.808. The number of nitrogens with zero attached hydrogens (tertiary/aromatic N) is 4. The minimum Gasteiger partial charge on any atom is -0.365 e. The highest BCUT2D eigenvalue weighted by atomic mass is 32.2. The van der Waals surface area contributed by atoms with Crippen LogP contribution in [0.3, 0.4) is 0 Å². The number of anilines is 1. The first-order valence-corrected chi connectivity index (χ1v) is 9.61. The molecule has 0 bridgehead atoms. The lowest BCUT2D eigenvalue weighted by Gasteiger charge is -2.09.